The Morgan fingerprint density at radius 3 is 1.82 bits per heavy atom. The van der Waals surface area contributed by atoms with Crippen LogP contribution in [0.15, 0.2) is 180 Å². The summed E-state index contributed by atoms with van der Waals surface area (Å²) in [7, 11) is 0. The second-order valence-corrected chi connectivity index (χ2v) is 14.4. The Labute approximate surface area is 298 Å². The second kappa shape index (κ2) is 11.0. The Balaban J connectivity index is 1.14. The third kappa shape index (κ3) is 4.35. The highest BCUT2D eigenvalue weighted by atomic mass is 32.1. The van der Waals surface area contributed by atoms with E-state index in [2.05, 4.69) is 181 Å². The van der Waals surface area contributed by atoms with Crippen molar-refractivity contribution in [1.82, 2.24) is 0 Å². The van der Waals surface area contributed by atoms with Crippen molar-refractivity contribution in [2.45, 2.75) is 0 Å². The van der Waals surface area contributed by atoms with Gasteiger partial charge in [-0.05, 0) is 87.3 Å². The summed E-state index contributed by atoms with van der Waals surface area (Å²) in [5.41, 5.74) is 7.71. The van der Waals surface area contributed by atoms with E-state index in [-0.39, 0.29) is 0 Å². The lowest BCUT2D eigenvalue weighted by atomic mass is 9.98. The van der Waals surface area contributed by atoms with Crippen LogP contribution in [0.25, 0.3) is 85.6 Å². The number of anilines is 3. The minimum atomic E-state index is 0.953. The number of hydrogen-bond acceptors (Lipinski definition) is 3. The minimum absolute atomic E-state index is 0.953. The molecule has 0 aliphatic rings. The molecule has 0 aliphatic heterocycles. The summed E-state index contributed by atoms with van der Waals surface area (Å²) in [5, 5.41) is 12.0. The Morgan fingerprint density at radius 1 is 0.392 bits per heavy atom. The average Bonchev–Trinajstić information content (AvgIpc) is 3.77. The van der Waals surface area contributed by atoms with Crippen molar-refractivity contribution in [1.29, 1.82) is 0 Å². The highest BCUT2D eigenvalue weighted by Crippen LogP contribution is 2.46. The highest BCUT2D eigenvalue weighted by molar-refractivity contribution is 7.26. The monoisotopic (exact) mass is 667 g/mol. The molecule has 0 atom stereocenters. The van der Waals surface area contributed by atoms with E-state index in [4.69, 9.17) is 4.42 Å². The van der Waals surface area contributed by atoms with Crippen molar-refractivity contribution in [3.63, 3.8) is 0 Å². The molecule has 0 N–H and O–H groups in total. The van der Waals surface area contributed by atoms with Gasteiger partial charge in [0, 0.05) is 53.1 Å². The van der Waals surface area contributed by atoms with E-state index in [1.54, 1.807) is 0 Å². The summed E-state index contributed by atoms with van der Waals surface area (Å²) < 4.78 is 9.33. The van der Waals surface area contributed by atoms with Gasteiger partial charge in [-0.15, -0.1) is 11.3 Å². The van der Waals surface area contributed by atoms with Crippen molar-refractivity contribution < 1.29 is 4.42 Å². The maximum absolute atomic E-state index is 6.85. The Kier molecular flexibility index (Phi) is 6.16. The van der Waals surface area contributed by atoms with Crippen molar-refractivity contribution in [2.24, 2.45) is 0 Å². The molecule has 2 heterocycles. The van der Waals surface area contributed by atoms with Crippen molar-refractivity contribution in [3.8, 4) is 11.1 Å². The Hall–Kier alpha value is -6.42. The number of furan rings is 1. The molecule has 2 nitrogen and oxygen atoms in total. The first-order valence-electron chi connectivity index (χ1n) is 17.3. The molecule has 2 aromatic heterocycles. The molecule has 0 saturated heterocycles. The summed E-state index contributed by atoms with van der Waals surface area (Å²) in [5.74, 6) is 0. The number of hydrogen-bond donors (Lipinski definition) is 0. The van der Waals surface area contributed by atoms with Gasteiger partial charge in [0.15, 0.2) is 0 Å². The molecule has 11 rings (SSSR count). The smallest absolute Gasteiger partial charge is 0.144 e. The predicted molar refractivity (Wildman–Crippen MR) is 219 cm³/mol. The van der Waals surface area contributed by atoms with Crippen molar-refractivity contribution >= 4 is 103 Å². The van der Waals surface area contributed by atoms with Crippen LogP contribution >= 0.6 is 11.3 Å². The quantitative estimate of drug-likeness (QED) is 0.186. The van der Waals surface area contributed by atoms with Gasteiger partial charge >= 0.3 is 0 Å². The van der Waals surface area contributed by atoms with E-state index in [0.29, 0.717) is 0 Å². The molecule has 0 unspecified atom stereocenters. The fourth-order valence-corrected chi connectivity index (χ4v) is 9.13. The van der Waals surface area contributed by atoms with Gasteiger partial charge in [-0.3, -0.25) is 0 Å². The summed E-state index contributed by atoms with van der Waals surface area (Å²) in [6.45, 7) is 0. The SMILES string of the molecule is c1ccc2c(-c3ccc(N(c4ccc5sc6ccc7c8ccc9ccccc9c8oc7c6c5c4)c4cccc5ccccc45)cc3)cccc2c1. The minimum Gasteiger partial charge on any atom is -0.455 e. The Morgan fingerprint density at radius 2 is 1.00 bits per heavy atom. The van der Waals surface area contributed by atoms with Crippen LogP contribution in [0, 0.1) is 0 Å². The molecule has 238 valence electrons. The van der Waals surface area contributed by atoms with Gasteiger partial charge in [0.05, 0.1) is 5.69 Å². The van der Waals surface area contributed by atoms with Crippen LogP contribution in [0.3, 0.4) is 0 Å². The molecular weight excluding hydrogens is 639 g/mol. The van der Waals surface area contributed by atoms with Crippen molar-refractivity contribution in [3.05, 3.63) is 176 Å². The number of nitrogens with zero attached hydrogens (tertiary/aromatic N) is 1. The number of fused-ring (bicyclic) bond motifs is 11. The van der Waals surface area contributed by atoms with Gasteiger partial charge in [-0.2, -0.15) is 0 Å². The highest BCUT2D eigenvalue weighted by Gasteiger charge is 2.20. The maximum atomic E-state index is 6.85. The van der Waals surface area contributed by atoms with Crippen LogP contribution in [0.2, 0.25) is 0 Å². The fourth-order valence-electron chi connectivity index (χ4n) is 8.05. The third-order valence-electron chi connectivity index (χ3n) is 10.4. The summed E-state index contributed by atoms with van der Waals surface area (Å²) >= 11 is 1.83. The normalized spacial score (nSPS) is 11.9. The number of thiophene rings is 1. The van der Waals surface area contributed by atoms with E-state index in [1.165, 1.54) is 58.2 Å². The summed E-state index contributed by atoms with van der Waals surface area (Å²) in [4.78, 5) is 2.41. The van der Waals surface area contributed by atoms with Gasteiger partial charge < -0.3 is 9.32 Å². The maximum Gasteiger partial charge on any atom is 0.144 e. The number of benzene rings is 9. The van der Waals surface area contributed by atoms with E-state index in [9.17, 15) is 0 Å². The second-order valence-electron chi connectivity index (χ2n) is 13.3. The van der Waals surface area contributed by atoms with Crippen LogP contribution in [0.4, 0.5) is 17.1 Å². The first-order valence-corrected chi connectivity index (χ1v) is 18.2. The Bertz CT molecular complexity index is 3140. The van der Waals surface area contributed by atoms with E-state index < -0.39 is 0 Å². The standard InChI is InChI=1S/C48H29NOS/c1-4-14-36-30(9-1)12-7-17-37(36)33-19-22-34(23-20-33)49(43-18-8-13-31-10-2-5-15-38(31)43)35-24-27-44-42(29-35)46-45(51-44)28-26-41-40-25-21-32-11-3-6-16-39(32)47(40)50-48(41)46/h1-29H. The molecule has 0 aliphatic carbocycles. The third-order valence-corrected chi connectivity index (χ3v) is 11.6. The molecule has 0 radical (unpaired) electrons. The van der Waals surface area contributed by atoms with Gasteiger partial charge in [0.1, 0.15) is 11.2 Å². The summed E-state index contributed by atoms with van der Waals surface area (Å²) in [6.07, 6.45) is 0. The molecule has 0 bridgehead atoms. The predicted octanol–water partition coefficient (Wildman–Crippen LogP) is 14.6. The molecule has 11 aromatic rings. The molecule has 0 spiro atoms. The zero-order chi connectivity index (χ0) is 33.5. The van der Waals surface area contributed by atoms with Gasteiger partial charge in [-0.1, -0.05) is 121 Å². The zero-order valence-electron chi connectivity index (χ0n) is 27.5. The first-order chi connectivity index (χ1) is 25.3. The lowest BCUT2D eigenvalue weighted by molar-refractivity contribution is 0.677. The molecular formula is C48H29NOS. The fraction of sp³-hybridized carbons (Fsp3) is 0. The first kappa shape index (κ1) is 28.4. The zero-order valence-corrected chi connectivity index (χ0v) is 28.3. The molecule has 0 saturated carbocycles. The number of rotatable bonds is 4. The van der Waals surface area contributed by atoms with E-state index in [1.807, 2.05) is 11.3 Å². The van der Waals surface area contributed by atoms with Crippen molar-refractivity contribution in [2.75, 3.05) is 4.90 Å². The van der Waals surface area contributed by atoms with E-state index >= 15 is 0 Å². The van der Waals surface area contributed by atoms with Gasteiger partial charge in [0.2, 0.25) is 0 Å². The molecule has 51 heavy (non-hydrogen) atoms. The van der Waals surface area contributed by atoms with Crippen LogP contribution < -0.4 is 4.90 Å². The largest absolute Gasteiger partial charge is 0.455 e. The van der Waals surface area contributed by atoms with Gasteiger partial charge in [-0.25, -0.2) is 0 Å². The lowest BCUT2D eigenvalue weighted by Crippen LogP contribution is -2.10. The van der Waals surface area contributed by atoms with Crippen LogP contribution in [0.1, 0.15) is 0 Å². The molecule has 0 amide bonds. The average molecular weight is 668 g/mol. The lowest BCUT2D eigenvalue weighted by Gasteiger charge is -2.27. The van der Waals surface area contributed by atoms with Crippen LogP contribution in [-0.4, -0.2) is 0 Å². The molecule has 9 aromatic carbocycles. The topological polar surface area (TPSA) is 16.4 Å². The molecule has 3 heteroatoms. The van der Waals surface area contributed by atoms with Crippen LogP contribution in [-0.2, 0) is 0 Å². The summed E-state index contributed by atoms with van der Waals surface area (Å²) in [6, 6.07) is 63.8. The van der Waals surface area contributed by atoms with E-state index in [0.717, 1.165) is 44.4 Å². The molecule has 0 fully saturated rings. The van der Waals surface area contributed by atoms with Crippen LogP contribution in [0.5, 0.6) is 0 Å². The van der Waals surface area contributed by atoms with Gasteiger partial charge in [0.25, 0.3) is 0 Å².